The number of rotatable bonds is 1. The molecule has 3 rings (SSSR count). The predicted molar refractivity (Wildman–Crippen MR) is 80.7 cm³/mol. The molecule has 3 nitrogen and oxygen atoms in total. The van der Waals surface area contributed by atoms with Gasteiger partial charge in [-0.1, -0.05) is 18.5 Å². The van der Waals surface area contributed by atoms with Gasteiger partial charge in [0.15, 0.2) is 0 Å². The second-order valence-electron chi connectivity index (χ2n) is 5.37. The molecule has 2 heterocycles. The fraction of sp³-hybridized carbons (Fsp3) is 0.400. The summed E-state index contributed by atoms with van der Waals surface area (Å²) in [6, 6.07) is 8.30. The Balaban J connectivity index is 2.01. The third-order valence-corrected chi connectivity index (χ3v) is 4.23. The Bertz CT molecular complexity index is 599. The molecule has 1 aromatic heterocycles. The maximum atomic E-state index is 6.09. The lowest BCUT2D eigenvalue weighted by molar-refractivity contribution is 0.383. The average molecular weight is 276 g/mol. The number of anilines is 1. The number of nitrogens with zero attached hydrogens (tertiary/aromatic N) is 2. The molecule has 1 aliphatic heterocycles. The largest absolute Gasteiger partial charge is 0.371 e. The normalized spacial score (nSPS) is 23.8. The number of hydrogen-bond donors (Lipinski definition) is 1. The van der Waals surface area contributed by atoms with Crippen LogP contribution in [0.4, 0.5) is 5.69 Å². The summed E-state index contributed by atoms with van der Waals surface area (Å²) in [5.41, 5.74) is 8.28. The van der Waals surface area contributed by atoms with Crippen LogP contribution < -0.4 is 10.6 Å². The quantitative estimate of drug-likeness (QED) is 0.870. The maximum absolute atomic E-state index is 6.09. The van der Waals surface area contributed by atoms with Crippen LogP contribution in [0.15, 0.2) is 30.5 Å². The number of pyridine rings is 1. The Morgan fingerprint density at radius 1 is 1.37 bits per heavy atom. The van der Waals surface area contributed by atoms with Crippen molar-refractivity contribution in [2.24, 2.45) is 11.7 Å². The summed E-state index contributed by atoms with van der Waals surface area (Å²) < 4.78 is 0. The van der Waals surface area contributed by atoms with Gasteiger partial charge in [-0.25, -0.2) is 0 Å². The zero-order chi connectivity index (χ0) is 13.4. The van der Waals surface area contributed by atoms with E-state index in [1.54, 1.807) is 0 Å². The molecule has 0 saturated carbocycles. The molecule has 2 N–H and O–H groups in total. The fourth-order valence-corrected chi connectivity index (χ4v) is 2.93. The first-order valence-electron chi connectivity index (χ1n) is 6.70. The topological polar surface area (TPSA) is 42.2 Å². The van der Waals surface area contributed by atoms with Crippen LogP contribution in [0.5, 0.6) is 0 Å². The van der Waals surface area contributed by atoms with Gasteiger partial charge in [0.1, 0.15) is 0 Å². The maximum Gasteiger partial charge on any atom is 0.0737 e. The van der Waals surface area contributed by atoms with E-state index in [0.717, 1.165) is 35.4 Å². The number of piperidine rings is 1. The minimum absolute atomic E-state index is 0.318. The highest BCUT2D eigenvalue weighted by atomic mass is 35.5. The van der Waals surface area contributed by atoms with Gasteiger partial charge < -0.3 is 10.6 Å². The molecule has 2 aromatic rings. The lowest BCUT2D eigenvalue weighted by Gasteiger charge is -2.37. The molecule has 0 bridgehead atoms. The highest BCUT2D eigenvalue weighted by molar-refractivity contribution is 6.31. The molecule has 2 unspecified atom stereocenters. The summed E-state index contributed by atoms with van der Waals surface area (Å²) >= 11 is 6.03. The molecule has 0 aliphatic carbocycles. The molecule has 0 amide bonds. The lowest BCUT2D eigenvalue weighted by Crippen LogP contribution is -2.46. The summed E-state index contributed by atoms with van der Waals surface area (Å²) in [6.45, 7) is 4.23. The van der Waals surface area contributed by atoms with Gasteiger partial charge in [-0.3, -0.25) is 4.98 Å². The Morgan fingerprint density at radius 2 is 2.21 bits per heavy atom. The number of benzene rings is 1. The monoisotopic (exact) mass is 275 g/mol. The molecule has 1 aliphatic rings. The lowest BCUT2D eigenvalue weighted by atomic mass is 9.94. The van der Waals surface area contributed by atoms with Gasteiger partial charge in [0.25, 0.3) is 0 Å². The fourth-order valence-electron chi connectivity index (χ4n) is 2.76. The van der Waals surface area contributed by atoms with Crippen LogP contribution in [0.3, 0.4) is 0 Å². The molecule has 0 spiro atoms. The van der Waals surface area contributed by atoms with E-state index in [1.807, 2.05) is 18.3 Å². The Labute approximate surface area is 118 Å². The number of nitrogens with two attached hydrogens (primary N) is 1. The molecule has 100 valence electrons. The van der Waals surface area contributed by atoms with Gasteiger partial charge >= 0.3 is 0 Å². The van der Waals surface area contributed by atoms with Crippen LogP contribution in [0.2, 0.25) is 5.02 Å². The second kappa shape index (κ2) is 4.99. The molecule has 19 heavy (non-hydrogen) atoms. The van der Waals surface area contributed by atoms with Gasteiger partial charge in [0.2, 0.25) is 0 Å². The first kappa shape index (κ1) is 12.7. The average Bonchev–Trinajstić information content (AvgIpc) is 2.41. The third-order valence-electron chi connectivity index (χ3n) is 3.99. The smallest absolute Gasteiger partial charge is 0.0737 e. The Kier molecular flexibility index (Phi) is 3.33. The highest BCUT2D eigenvalue weighted by Crippen LogP contribution is 2.30. The number of fused-ring (bicyclic) bond motifs is 1. The number of halogens is 1. The minimum atomic E-state index is 0.318. The van der Waals surface area contributed by atoms with Gasteiger partial charge in [0.05, 0.1) is 5.52 Å². The zero-order valence-corrected chi connectivity index (χ0v) is 11.8. The summed E-state index contributed by atoms with van der Waals surface area (Å²) in [7, 11) is 0. The van der Waals surface area contributed by atoms with E-state index >= 15 is 0 Å². The van der Waals surface area contributed by atoms with E-state index < -0.39 is 0 Å². The first-order chi connectivity index (χ1) is 9.15. The number of hydrogen-bond acceptors (Lipinski definition) is 3. The van der Waals surface area contributed by atoms with Crippen LogP contribution in [-0.2, 0) is 0 Å². The summed E-state index contributed by atoms with van der Waals surface area (Å²) in [5.74, 6) is 0.518. The van der Waals surface area contributed by atoms with E-state index in [0.29, 0.717) is 12.0 Å². The van der Waals surface area contributed by atoms with Gasteiger partial charge in [-0.05, 0) is 36.6 Å². The van der Waals surface area contributed by atoms with Crippen molar-refractivity contribution in [2.45, 2.75) is 19.4 Å². The highest BCUT2D eigenvalue weighted by Gasteiger charge is 2.24. The van der Waals surface area contributed by atoms with E-state index in [4.69, 9.17) is 17.3 Å². The van der Waals surface area contributed by atoms with Gasteiger partial charge in [0, 0.05) is 41.4 Å². The zero-order valence-electron chi connectivity index (χ0n) is 11.0. The van der Waals surface area contributed by atoms with Crippen molar-refractivity contribution in [1.82, 2.24) is 4.98 Å². The predicted octanol–water partition coefficient (Wildman–Crippen LogP) is 3.06. The number of aromatic nitrogens is 1. The molecule has 1 fully saturated rings. The van der Waals surface area contributed by atoms with Crippen LogP contribution in [0.1, 0.15) is 13.3 Å². The van der Waals surface area contributed by atoms with Crippen molar-refractivity contribution in [3.05, 3.63) is 35.5 Å². The molecule has 1 aromatic carbocycles. The third kappa shape index (κ3) is 2.40. The molecule has 0 radical (unpaired) electrons. The molecule has 2 atom stereocenters. The van der Waals surface area contributed by atoms with Crippen LogP contribution in [0, 0.1) is 5.92 Å². The summed E-state index contributed by atoms with van der Waals surface area (Å²) in [4.78, 5) is 6.80. The van der Waals surface area contributed by atoms with E-state index in [-0.39, 0.29) is 0 Å². The van der Waals surface area contributed by atoms with E-state index in [1.165, 1.54) is 5.69 Å². The van der Waals surface area contributed by atoms with Crippen molar-refractivity contribution in [3.8, 4) is 0 Å². The summed E-state index contributed by atoms with van der Waals surface area (Å²) in [5, 5.41) is 1.89. The van der Waals surface area contributed by atoms with Crippen molar-refractivity contribution in [1.29, 1.82) is 0 Å². The van der Waals surface area contributed by atoms with Crippen molar-refractivity contribution in [2.75, 3.05) is 18.0 Å². The van der Waals surface area contributed by atoms with E-state index in [2.05, 4.69) is 28.9 Å². The summed E-state index contributed by atoms with van der Waals surface area (Å²) in [6.07, 6.45) is 2.89. The SMILES string of the molecule is CC1CN(c2ccnc3cc(Cl)ccc23)CCC1N. The molecular weight excluding hydrogens is 258 g/mol. The molecule has 1 saturated heterocycles. The Hall–Kier alpha value is -1.32. The molecule has 4 heteroatoms. The van der Waals surface area contributed by atoms with Crippen molar-refractivity contribution in [3.63, 3.8) is 0 Å². The van der Waals surface area contributed by atoms with Gasteiger partial charge in [-0.15, -0.1) is 0 Å². The van der Waals surface area contributed by atoms with Crippen LogP contribution in [0.25, 0.3) is 10.9 Å². The minimum Gasteiger partial charge on any atom is -0.371 e. The first-order valence-corrected chi connectivity index (χ1v) is 7.08. The van der Waals surface area contributed by atoms with Crippen LogP contribution in [-0.4, -0.2) is 24.1 Å². The van der Waals surface area contributed by atoms with Crippen molar-refractivity contribution < 1.29 is 0 Å². The standard InChI is InChI=1S/C15H18ClN3/c1-10-9-19(7-5-13(10)17)15-4-6-18-14-8-11(16)2-3-12(14)15/h2-4,6,8,10,13H,5,7,9,17H2,1H3. The van der Waals surface area contributed by atoms with Gasteiger partial charge in [-0.2, -0.15) is 0 Å². The van der Waals surface area contributed by atoms with Crippen molar-refractivity contribution >= 4 is 28.2 Å². The second-order valence-corrected chi connectivity index (χ2v) is 5.80. The Morgan fingerprint density at radius 3 is 3.00 bits per heavy atom. The van der Waals surface area contributed by atoms with E-state index in [9.17, 15) is 0 Å². The van der Waals surface area contributed by atoms with Crippen LogP contribution >= 0.6 is 11.6 Å². The molecular formula is C15H18ClN3.